The number of aromatic nitrogens is 1. The van der Waals surface area contributed by atoms with Gasteiger partial charge in [0, 0.05) is 20.2 Å². The van der Waals surface area contributed by atoms with Gasteiger partial charge in [-0.2, -0.15) is 0 Å². The molecule has 0 aliphatic heterocycles. The molecule has 0 saturated carbocycles. The number of nitrogens with zero attached hydrogens (tertiary/aromatic N) is 2. The van der Waals surface area contributed by atoms with Gasteiger partial charge in [0.05, 0.1) is 24.9 Å². The fourth-order valence-corrected chi connectivity index (χ4v) is 3.57. The van der Waals surface area contributed by atoms with Gasteiger partial charge in [-0.15, -0.1) is 35.3 Å². The molecule has 0 bridgehead atoms. The number of hydrogen-bond acceptors (Lipinski definition) is 6. The molecule has 0 aliphatic rings. The molecule has 1 atom stereocenters. The SMILES string of the molecule is CCOCc1ccc(CNC(=NC)NC(C)c2nc(C)c(C(=O)OCC)s2)cc1.I. The highest BCUT2D eigenvalue weighted by Gasteiger charge is 2.20. The van der Waals surface area contributed by atoms with Crippen molar-refractivity contribution in [1.82, 2.24) is 15.6 Å². The molecule has 7 nitrogen and oxygen atoms in total. The van der Waals surface area contributed by atoms with E-state index in [-0.39, 0.29) is 36.0 Å². The average molecular weight is 546 g/mol. The molecule has 9 heteroatoms. The molecule has 0 radical (unpaired) electrons. The number of benzene rings is 1. The number of halogens is 1. The second-order valence-corrected chi connectivity index (χ2v) is 7.46. The molecular weight excluding hydrogens is 515 g/mol. The van der Waals surface area contributed by atoms with E-state index >= 15 is 0 Å². The second kappa shape index (κ2) is 13.6. The quantitative estimate of drug-likeness (QED) is 0.212. The lowest BCUT2D eigenvalue weighted by Crippen LogP contribution is -2.38. The van der Waals surface area contributed by atoms with E-state index in [1.54, 1.807) is 14.0 Å². The molecule has 0 spiro atoms. The van der Waals surface area contributed by atoms with Gasteiger partial charge in [-0.25, -0.2) is 9.78 Å². The number of carbonyl (C=O) groups excluding carboxylic acids is 1. The maximum atomic E-state index is 12.0. The summed E-state index contributed by atoms with van der Waals surface area (Å²) in [5.41, 5.74) is 2.99. The maximum Gasteiger partial charge on any atom is 0.350 e. The summed E-state index contributed by atoms with van der Waals surface area (Å²) in [5, 5.41) is 7.44. The van der Waals surface area contributed by atoms with E-state index < -0.39 is 0 Å². The zero-order valence-corrected chi connectivity index (χ0v) is 21.3. The summed E-state index contributed by atoms with van der Waals surface area (Å²) >= 11 is 1.35. The normalized spacial score (nSPS) is 12.1. The first-order valence-electron chi connectivity index (χ1n) is 9.75. The van der Waals surface area contributed by atoms with Gasteiger partial charge >= 0.3 is 5.97 Å². The van der Waals surface area contributed by atoms with Crippen LogP contribution in [0.25, 0.3) is 0 Å². The lowest BCUT2D eigenvalue weighted by atomic mass is 10.1. The molecule has 2 N–H and O–H groups in total. The smallest absolute Gasteiger partial charge is 0.350 e. The molecule has 0 fully saturated rings. The van der Waals surface area contributed by atoms with Crippen LogP contribution >= 0.6 is 35.3 Å². The Morgan fingerprint density at radius 2 is 1.87 bits per heavy atom. The lowest BCUT2D eigenvalue weighted by molar-refractivity contribution is 0.0531. The third-order valence-corrected chi connectivity index (χ3v) is 5.50. The standard InChI is InChI=1S/C21H30N4O3S.HI/c1-6-27-13-17-10-8-16(9-11-17)12-23-21(22-5)25-15(4)19-24-14(3)18(29-19)20(26)28-7-2;/h8-11,15H,6-7,12-13H2,1-5H3,(H2,22,23,25);1H. The Bertz CT molecular complexity index is 824. The first-order chi connectivity index (χ1) is 14.0. The van der Waals surface area contributed by atoms with Crippen molar-refractivity contribution in [1.29, 1.82) is 0 Å². The van der Waals surface area contributed by atoms with Gasteiger partial charge in [-0.1, -0.05) is 24.3 Å². The zero-order valence-electron chi connectivity index (χ0n) is 18.2. The summed E-state index contributed by atoms with van der Waals surface area (Å²) < 4.78 is 10.5. The van der Waals surface area contributed by atoms with Crippen LogP contribution < -0.4 is 10.6 Å². The Morgan fingerprint density at radius 3 is 2.47 bits per heavy atom. The van der Waals surface area contributed by atoms with Crippen molar-refractivity contribution in [3.05, 3.63) is 51.0 Å². The van der Waals surface area contributed by atoms with Crippen LogP contribution in [0, 0.1) is 6.92 Å². The second-order valence-electron chi connectivity index (χ2n) is 6.43. The minimum atomic E-state index is -0.323. The van der Waals surface area contributed by atoms with Gasteiger partial charge in [-0.3, -0.25) is 4.99 Å². The van der Waals surface area contributed by atoms with Gasteiger partial charge in [0.15, 0.2) is 5.96 Å². The monoisotopic (exact) mass is 546 g/mol. The van der Waals surface area contributed by atoms with Crippen molar-refractivity contribution >= 4 is 47.2 Å². The summed E-state index contributed by atoms with van der Waals surface area (Å²) in [6.45, 7) is 9.93. The predicted octanol–water partition coefficient (Wildman–Crippen LogP) is 4.21. The number of nitrogens with one attached hydrogen (secondary N) is 2. The van der Waals surface area contributed by atoms with E-state index in [2.05, 4.69) is 44.9 Å². The largest absolute Gasteiger partial charge is 0.462 e. The van der Waals surface area contributed by atoms with Crippen molar-refractivity contribution in [2.75, 3.05) is 20.3 Å². The van der Waals surface area contributed by atoms with Crippen LogP contribution in [-0.4, -0.2) is 37.2 Å². The molecule has 0 aliphatic carbocycles. The highest BCUT2D eigenvalue weighted by molar-refractivity contribution is 14.0. The molecule has 30 heavy (non-hydrogen) atoms. The van der Waals surface area contributed by atoms with Crippen molar-refractivity contribution in [3.63, 3.8) is 0 Å². The van der Waals surface area contributed by atoms with E-state index in [4.69, 9.17) is 9.47 Å². The van der Waals surface area contributed by atoms with Gasteiger partial charge in [0.25, 0.3) is 0 Å². The molecule has 1 unspecified atom stereocenters. The third kappa shape index (κ3) is 7.84. The van der Waals surface area contributed by atoms with Crippen LogP contribution in [0.5, 0.6) is 0 Å². The lowest BCUT2D eigenvalue weighted by Gasteiger charge is -2.16. The summed E-state index contributed by atoms with van der Waals surface area (Å²) in [4.78, 5) is 21.3. The van der Waals surface area contributed by atoms with Crippen LogP contribution in [-0.2, 0) is 22.6 Å². The van der Waals surface area contributed by atoms with Crippen molar-refractivity contribution in [2.24, 2.45) is 4.99 Å². The number of aryl methyl sites for hydroxylation is 1. The third-order valence-electron chi connectivity index (χ3n) is 4.18. The Morgan fingerprint density at radius 1 is 1.20 bits per heavy atom. The minimum Gasteiger partial charge on any atom is -0.462 e. The van der Waals surface area contributed by atoms with Crippen LogP contribution in [0.4, 0.5) is 0 Å². The minimum absolute atomic E-state index is 0. The fourth-order valence-electron chi connectivity index (χ4n) is 2.61. The van der Waals surface area contributed by atoms with Gasteiger partial charge in [-0.05, 0) is 38.8 Å². The van der Waals surface area contributed by atoms with Gasteiger partial charge in [0.1, 0.15) is 9.88 Å². The summed E-state index contributed by atoms with van der Waals surface area (Å²) in [6, 6.07) is 8.20. The molecule has 1 aromatic carbocycles. The van der Waals surface area contributed by atoms with E-state index in [0.717, 1.165) is 16.1 Å². The Balaban J connectivity index is 0.00000450. The van der Waals surface area contributed by atoms with E-state index in [0.29, 0.717) is 42.9 Å². The predicted molar refractivity (Wildman–Crippen MR) is 132 cm³/mol. The zero-order chi connectivity index (χ0) is 21.2. The van der Waals surface area contributed by atoms with Gasteiger partial charge in [0.2, 0.25) is 0 Å². The van der Waals surface area contributed by atoms with Crippen molar-refractivity contribution in [3.8, 4) is 0 Å². The molecule has 0 amide bonds. The first-order valence-corrected chi connectivity index (χ1v) is 10.6. The number of rotatable bonds is 9. The van der Waals surface area contributed by atoms with Crippen LogP contribution in [0.3, 0.4) is 0 Å². The topological polar surface area (TPSA) is 84.8 Å². The van der Waals surface area contributed by atoms with E-state index in [9.17, 15) is 4.79 Å². The molecule has 166 valence electrons. The Hall–Kier alpha value is -1.72. The van der Waals surface area contributed by atoms with Crippen LogP contribution in [0.15, 0.2) is 29.3 Å². The number of carbonyl (C=O) groups is 1. The van der Waals surface area contributed by atoms with Crippen molar-refractivity contribution < 1.29 is 14.3 Å². The molecule has 2 aromatic rings. The fraction of sp³-hybridized carbons (Fsp3) is 0.476. The number of thiazole rings is 1. The summed E-state index contributed by atoms with van der Waals surface area (Å²) in [7, 11) is 1.73. The summed E-state index contributed by atoms with van der Waals surface area (Å²) in [6.07, 6.45) is 0. The van der Waals surface area contributed by atoms with Gasteiger partial charge < -0.3 is 20.1 Å². The highest BCUT2D eigenvalue weighted by Crippen LogP contribution is 2.24. The number of hydrogen-bond donors (Lipinski definition) is 2. The maximum absolute atomic E-state index is 12.0. The first kappa shape index (κ1) is 26.3. The summed E-state index contributed by atoms with van der Waals surface area (Å²) in [5.74, 6) is 0.345. The molecule has 2 rings (SSSR count). The molecule has 0 saturated heterocycles. The van der Waals surface area contributed by atoms with Crippen molar-refractivity contribution in [2.45, 2.75) is 46.9 Å². The highest BCUT2D eigenvalue weighted by atomic mass is 127. The molecule has 1 heterocycles. The average Bonchev–Trinajstić information content (AvgIpc) is 3.12. The molecule has 1 aromatic heterocycles. The Kier molecular flexibility index (Phi) is 11.9. The van der Waals surface area contributed by atoms with E-state index in [1.165, 1.54) is 11.3 Å². The number of aliphatic imine (C=N–C) groups is 1. The van der Waals surface area contributed by atoms with E-state index in [1.807, 2.05) is 20.8 Å². The molecular formula is C21H31IN4O3S. The number of guanidine groups is 1. The van der Waals surface area contributed by atoms with Crippen LogP contribution in [0.1, 0.15) is 58.3 Å². The Labute approximate surface area is 199 Å². The number of ether oxygens (including phenoxy) is 2. The van der Waals surface area contributed by atoms with Crippen LogP contribution in [0.2, 0.25) is 0 Å². The number of esters is 1.